The number of nitrogens with two attached hydrogens (primary N) is 1. The maximum atomic E-state index is 11.9. The van der Waals surface area contributed by atoms with Crippen molar-refractivity contribution >= 4 is 17.6 Å². The zero-order chi connectivity index (χ0) is 12.7. The van der Waals surface area contributed by atoms with E-state index in [1.807, 2.05) is 0 Å². The average Bonchev–Trinajstić information content (AvgIpc) is 2.98. The molecule has 1 aliphatic rings. The zero-order valence-electron chi connectivity index (χ0n) is 9.73. The summed E-state index contributed by atoms with van der Waals surface area (Å²) in [6.07, 6.45) is 2.16. The number of amides is 1. The molecule has 0 bridgehead atoms. The number of H-pyrrole nitrogens is 1. The van der Waals surface area contributed by atoms with Crippen molar-refractivity contribution < 1.29 is 9.21 Å². The molecule has 2 aromatic heterocycles. The highest BCUT2D eigenvalue weighted by Gasteiger charge is 2.30. The third kappa shape index (κ3) is 1.81. The predicted molar refractivity (Wildman–Crippen MR) is 62.0 cm³/mol. The Morgan fingerprint density at radius 1 is 1.50 bits per heavy atom. The van der Waals surface area contributed by atoms with Gasteiger partial charge in [0.25, 0.3) is 5.91 Å². The van der Waals surface area contributed by atoms with Crippen LogP contribution in [0.15, 0.2) is 4.42 Å². The molecule has 1 fully saturated rings. The van der Waals surface area contributed by atoms with Crippen molar-refractivity contribution in [2.24, 2.45) is 0 Å². The van der Waals surface area contributed by atoms with Crippen LogP contribution in [0.1, 0.15) is 40.8 Å². The van der Waals surface area contributed by atoms with Gasteiger partial charge in [0.05, 0.1) is 11.4 Å². The molecule has 0 aromatic carbocycles. The van der Waals surface area contributed by atoms with Crippen LogP contribution in [0.4, 0.5) is 11.7 Å². The standard InChI is InChI=1S/C10H12N6O2/c1-4-13-16-10(18-4)12-9(17)8-6(11)7(14-15-8)5-2-3-5/h5H,2-3,11H2,1H3,(H,14,15)(H,12,16,17). The van der Waals surface area contributed by atoms with Crippen LogP contribution in [0.5, 0.6) is 0 Å². The normalized spacial score (nSPS) is 14.7. The second kappa shape index (κ2) is 3.83. The summed E-state index contributed by atoms with van der Waals surface area (Å²) < 4.78 is 5.05. The number of nitrogens with one attached hydrogen (secondary N) is 2. The third-order valence-electron chi connectivity index (χ3n) is 2.78. The molecule has 0 spiro atoms. The van der Waals surface area contributed by atoms with Crippen molar-refractivity contribution in [1.29, 1.82) is 0 Å². The monoisotopic (exact) mass is 248 g/mol. The Morgan fingerprint density at radius 2 is 2.28 bits per heavy atom. The van der Waals surface area contributed by atoms with Gasteiger partial charge in [-0.3, -0.25) is 15.2 Å². The molecule has 0 saturated heterocycles. The number of nitrogen functional groups attached to an aromatic ring is 1. The average molecular weight is 248 g/mol. The van der Waals surface area contributed by atoms with Crippen LogP contribution < -0.4 is 11.1 Å². The zero-order valence-corrected chi connectivity index (χ0v) is 9.73. The van der Waals surface area contributed by atoms with Gasteiger partial charge in [0, 0.05) is 12.8 Å². The van der Waals surface area contributed by atoms with Crippen LogP contribution in [0.3, 0.4) is 0 Å². The Hall–Kier alpha value is -2.38. The van der Waals surface area contributed by atoms with E-state index in [9.17, 15) is 4.79 Å². The first-order chi connectivity index (χ1) is 8.65. The van der Waals surface area contributed by atoms with Crippen molar-refractivity contribution in [3.63, 3.8) is 0 Å². The van der Waals surface area contributed by atoms with Gasteiger partial charge in [-0.25, -0.2) is 0 Å². The Morgan fingerprint density at radius 3 is 2.89 bits per heavy atom. The SMILES string of the molecule is Cc1nnc(NC(=O)c2n[nH]c(C3CC3)c2N)o1. The lowest BCUT2D eigenvalue weighted by Gasteiger charge is -1.98. The fraction of sp³-hybridized carbons (Fsp3) is 0.400. The highest BCUT2D eigenvalue weighted by Crippen LogP contribution is 2.42. The van der Waals surface area contributed by atoms with E-state index in [0.29, 0.717) is 17.5 Å². The van der Waals surface area contributed by atoms with Gasteiger partial charge in [0.15, 0.2) is 5.69 Å². The van der Waals surface area contributed by atoms with E-state index in [4.69, 9.17) is 10.2 Å². The molecule has 2 aromatic rings. The molecule has 4 N–H and O–H groups in total. The van der Waals surface area contributed by atoms with E-state index in [1.54, 1.807) is 6.92 Å². The van der Waals surface area contributed by atoms with E-state index >= 15 is 0 Å². The topological polar surface area (TPSA) is 123 Å². The maximum Gasteiger partial charge on any atom is 0.322 e. The Bertz CT molecular complexity index is 597. The van der Waals surface area contributed by atoms with Crippen molar-refractivity contribution in [2.75, 3.05) is 11.1 Å². The number of anilines is 2. The summed E-state index contributed by atoms with van der Waals surface area (Å²) in [7, 11) is 0. The number of nitrogens with zero attached hydrogens (tertiary/aromatic N) is 3. The molecule has 1 amide bonds. The Labute approximate surface area is 102 Å². The molecular weight excluding hydrogens is 236 g/mol. The first kappa shape index (κ1) is 10.8. The highest BCUT2D eigenvalue weighted by atomic mass is 16.4. The number of hydrogen-bond donors (Lipinski definition) is 3. The minimum Gasteiger partial charge on any atom is -0.408 e. The number of aromatic nitrogens is 4. The first-order valence-electron chi connectivity index (χ1n) is 5.60. The molecule has 0 unspecified atom stereocenters. The quantitative estimate of drug-likeness (QED) is 0.738. The van der Waals surface area contributed by atoms with Crippen molar-refractivity contribution in [3.8, 4) is 0 Å². The largest absolute Gasteiger partial charge is 0.408 e. The molecule has 1 saturated carbocycles. The second-order valence-corrected chi connectivity index (χ2v) is 4.25. The smallest absolute Gasteiger partial charge is 0.322 e. The van der Waals surface area contributed by atoms with E-state index in [1.165, 1.54) is 0 Å². The molecule has 94 valence electrons. The molecule has 2 heterocycles. The summed E-state index contributed by atoms with van der Waals surface area (Å²) in [5.41, 5.74) is 7.27. The third-order valence-corrected chi connectivity index (χ3v) is 2.78. The fourth-order valence-corrected chi connectivity index (χ4v) is 1.72. The predicted octanol–water partition coefficient (Wildman–Crippen LogP) is 0.813. The lowest BCUT2D eigenvalue weighted by molar-refractivity contribution is 0.102. The lowest BCUT2D eigenvalue weighted by atomic mass is 10.2. The summed E-state index contributed by atoms with van der Waals surface area (Å²) in [6, 6.07) is 0.0351. The van der Waals surface area contributed by atoms with Gasteiger partial charge in [-0.05, 0) is 12.8 Å². The van der Waals surface area contributed by atoms with E-state index < -0.39 is 5.91 Å². The summed E-state index contributed by atoms with van der Waals surface area (Å²) in [4.78, 5) is 11.9. The molecule has 1 aliphatic carbocycles. The molecule has 0 radical (unpaired) electrons. The van der Waals surface area contributed by atoms with Crippen LogP contribution in [0.2, 0.25) is 0 Å². The van der Waals surface area contributed by atoms with E-state index in [0.717, 1.165) is 18.5 Å². The number of rotatable bonds is 3. The second-order valence-electron chi connectivity index (χ2n) is 4.25. The summed E-state index contributed by atoms with van der Waals surface area (Å²) in [5, 5.41) is 16.5. The van der Waals surface area contributed by atoms with Crippen LogP contribution >= 0.6 is 0 Å². The molecule has 18 heavy (non-hydrogen) atoms. The molecular formula is C10H12N6O2. The summed E-state index contributed by atoms with van der Waals surface area (Å²) in [6.45, 7) is 1.64. The van der Waals surface area contributed by atoms with Gasteiger partial charge >= 0.3 is 6.01 Å². The minimum atomic E-state index is -0.459. The van der Waals surface area contributed by atoms with Crippen molar-refractivity contribution in [2.45, 2.75) is 25.7 Å². The molecule has 3 rings (SSSR count). The summed E-state index contributed by atoms with van der Waals surface area (Å²) >= 11 is 0. The number of carbonyl (C=O) groups is 1. The van der Waals surface area contributed by atoms with Crippen LogP contribution in [0.25, 0.3) is 0 Å². The lowest BCUT2D eigenvalue weighted by Crippen LogP contribution is -2.14. The first-order valence-corrected chi connectivity index (χ1v) is 5.60. The van der Waals surface area contributed by atoms with Gasteiger partial charge in [-0.15, -0.1) is 5.10 Å². The highest BCUT2D eigenvalue weighted by molar-refractivity contribution is 6.05. The Kier molecular flexibility index (Phi) is 2.29. The maximum absolute atomic E-state index is 11.9. The number of aryl methyl sites for hydroxylation is 1. The molecule has 8 nitrogen and oxygen atoms in total. The van der Waals surface area contributed by atoms with Crippen LogP contribution in [-0.4, -0.2) is 26.3 Å². The number of aromatic amines is 1. The number of carbonyl (C=O) groups excluding carboxylic acids is 1. The van der Waals surface area contributed by atoms with Crippen LogP contribution in [-0.2, 0) is 0 Å². The fourth-order valence-electron chi connectivity index (χ4n) is 1.72. The molecule has 0 aliphatic heterocycles. The van der Waals surface area contributed by atoms with E-state index in [2.05, 4.69) is 25.7 Å². The van der Waals surface area contributed by atoms with Crippen molar-refractivity contribution in [1.82, 2.24) is 20.4 Å². The van der Waals surface area contributed by atoms with Gasteiger partial charge in [-0.2, -0.15) is 5.10 Å². The number of hydrogen-bond acceptors (Lipinski definition) is 6. The summed E-state index contributed by atoms with van der Waals surface area (Å²) in [5.74, 6) is 0.322. The Balaban J connectivity index is 1.79. The van der Waals surface area contributed by atoms with E-state index in [-0.39, 0.29) is 11.7 Å². The van der Waals surface area contributed by atoms with Crippen molar-refractivity contribution in [3.05, 3.63) is 17.3 Å². The van der Waals surface area contributed by atoms with Gasteiger partial charge in [-0.1, -0.05) is 5.10 Å². The van der Waals surface area contributed by atoms with Crippen LogP contribution in [0, 0.1) is 6.92 Å². The minimum absolute atomic E-state index is 0.0351. The molecule has 0 atom stereocenters. The van der Waals surface area contributed by atoms with Gasteiger partial charge < -0.3 is 10.2 Å². The molecule has 8 heteroatoms. The van der Waals surface area contributed by atoms with Gasteiger partial charge in [0.1, 0.15) is 0 Å². The van der Waals surface area contributed by atoms with Gasteiger partial charge in [0.2, 0.25) is 5.89 Å².